The molecule has 10 heteroatoms. The van der Waals surface area contributed by atoms with E-state index in [1.54, 1.807) is 10.6 Å². The molecular formula is C16H28F4N2O4. The fourth-order valence-electron chi connectivity index (χ4n) is 2.09. The van der Waals surface area contributed by atoms with Crippen molar-refractivity contribution in [2.75, 3.05) is 26.3 Å². The van der Waals surface area contributed by atoms with Gasteiger partial charge in [-0.25, -0.2) is 0 Å². The summed E-state index contributed by atoms with van der Waals surface area (Å²) < 4.78 is 54.7. The second kappa shape index (κ2) is 12.9. The van der Waals surface area contributed by atoms with Crippen LogP contribution in [0.4, 0.5) is 17.6 Å². The molecule has 0 aliphatic heterocycles. The number of amides is 2. The van der Waals surface area contributed by atoms with Crippen LogP contribution in [0.2, 0.25) is 0 Å². The average molecular weight is 388 g/mol. The Morgan fingerprint density at radius 3 is 1.23 bits per heavy atom. The maximum absolute atomic E-state index is 13.7. The van der Waals surface area contributed by atoms with Crippen molar-refractivity contribution in [2.45, 2.75) is 63.2 Å². The molecule has 0 aromatic carbocycles. The van der Waals surface area contributed by atoms with Crippen molar-refractivity contribution >= 4 is 11.8 Å². The van der Waals surface area contributed by atoms with Crippen LogP contribution in [0, 0.1) is 0 Å². The Morgan fingerprint density at radius 1 is 0.615 bits per heavy atom. The number of carbonyl (C=O) groups is 2. The molecule has 0 fully saturated rings. The number of rotatable bonds is 15. The fourth-order valence-corrected chi connectivity index (χ4v) is 2.09. The Morgan fingerprint density at radius 2 is 0.923 bits per heavy atom. The molecule has 154 valence electrons. The summed E-state index contributed by atoms with van der Waals surface area (Å²) in [7, 11) is 0. The zero-order chi connectivity index (χ0) is 20.1. The summed E-state index contributed by atoms with van der Waals surface area (Å²) in [6.45, 7) is -0.453. The topological polar surface area (TPSA) is 98.7 Å². The van der Waals surface area contributed by atoms with Gasteiger partial charge in [-0.3, -0.25) is 9.59 Å². The predicted octanol–water partition coefficient (Wildman–Crippen LogP) is 1.59. The summed E-state index contributed by atoms with van der Waals surface area (Å²) >= 11 is 0. The molecule has 0 radical (unpaired) electrons. The average Bonchev–Trinajstić information content (AvgIpc) is 2.60. The summed E-state index contributed by atoms with van der Waals surface area (Å²) in [5.74, 6) is -14.7. The van der Waals surface area contributed by atoms with Crippen LogP contribution in [-0.2, 0) is 9.59 Å². The molecule has 0 unspecified atom stereocenters. The third-order valence-electron chi connectivity index (χ3n) is 3.71. The molecule has 4 N–H and O–H groups in total. The molecule has 0 spiro atoms. The Labute approximate surface area is 150 Å². The third-order valence-corrected chi connectivity index (χ3v) is 3.71. The van der Waals surface area contributed by atoms with Crippen LogP contribution >= 0.6 is 0 Å². The minimum Gasteiger partial charge on any atom is -0.396 e. The normalized spacial score (nSPS) is 12.1. The largest absolute Gasteiger partial charge is 0.396 e. The van der Waals surface area contributed by atoms with Crippen LogP contribution < -0.4 is 10.6 Å². The second-order valence-corrected chi connectivity index (χ2v) is 5.94. The highest BCUT2D eigenvalue weighted by atomic mass is 19.3. The van der Waals surface area contributed by atoms with E-state index in [4.69, 9.17) is 10.2 Å². The van der Waals surface area contributed by atoms with Crippen molar-refractivity contribution in [1.82, 2.24) is 10.6 Å². The van der Waals surface area contributed by atoms with Gasteiger partial charge >= 0.3 is 11.8 Å². The number of carbonyl (C=O) groups excluding carboxylic acids is 2. The number of aliphatic hydroxyl groups is 2. The van der Waals surface area contributed by atoms with Crippen molar-refractivity contribution in [3.63, 3.8) is 0 Å². The second-order valence-electron chi connectivity index (χ2n) is 5.94. The molecule has 0 bridgehead atoms. The molecule has 26 heavy (non-hydrogen) atoms. The molecule has 0 aliphatic carbocycles. The third kappa shape index (κ3) is 8.31. The van der Waals surface area contributed by atoms with Gasteiger partial charge in [-0.1, -0.05) is 25.7 Å². The number of alkyl halides is 4. The lowest BCUT2D eigenvalue weighted by Crippen LogP contribution is -2.59. The molecule has 2 amide bonds. The van der Waals surface area contributed by atoms with Gasteiger partial charge in [0, 0.05) is 26.3 Å². The highest BCUT2D eigenvalue weighted by Gasteiger charge is 2.66. The van der Waals surface area contributed by atoms with Crippen LogP contribution in [0.3, 0.4) is 0 Å². The quantitative estimate of drug-likeness (QED) is 0.253. The van der Waals surface area contributed by atoms with E-state index < -0.39 is 23.7 Å². The molecule has 0 saturated heterocycles. The highest BCUT2D eigenvalue weighted by Crippen LogP contribution is 2.34. The van der Waals surface area contributed by atoms with Gasteiger partial charge in [0.2, 0.25) is 0 Å². The van der Waals surface area contributed by atoms with Gasteiger partial charge in [0.1, 0.15) is 0 Å². The zero-order valence-electron chi connectivity index (χ0n) is 14.7. The van der Waals surface area contributed by atoms with E-state index >= 15 is 0 Å². The van der Waals surface area contributed by atoms with Gasteiger partial charge < -0.3 is 20.8 Å². The first-order chi connectivity index (χ1) is 12.2. The molecule has 0 atom stereocenters. The summed E-state index contributed by atoms with van der Waals surface area (Å²) in [6.07, 6.45) is 3.99. The van der Waals surface area contributed by atoms with E-state index in [1.165, 1.54) is 0 Å². The van der Waals surface area contributed by atoms with Crippen LogP contribution in [-0.4, -0.2) is 60.2 Å². The first-order valence-corrected chi connectivity index (χ1v) is 8.75. The van der Waals surface area contributed by atoms with Crippen molar-refractivity contribution in [3.8, 4) is 0 Å². The maximum Gasteiger partial charge on any atom is 0.395 e. The van der Waals surface area contributed by atoms with E-state index in [2.05, 4.69) is 0 Å². The van der Waals surface area contributed by atoms with Crippen LogP contribution in [0.5, 0.6) is 0 Å². The summed E-state index contributed by atoms with van der Waals surface area (Å²) in [5, 5.41) is 20.6. The minimum atomic E-state index is -5.15. The number of halogens is 4. The molecule has 0 saturated carbocycles. The number of hydrogen-bond donors (Lipinski definition) is 4. The Balaban J connectivity index is 4.33. The minimum absolute atomic E-state index is 0.00675. The van der Waals surface area contributed by atoms with Crippen LogP contribution in [0.15, 0.2) is 0 Å². The van der Waals surface area contributed by atoms with Crippen molar-refractivity contribution in [2.24, 2.45) is 0 Å². The molecule has 0 aromatic heterocycles. The summed E-state index contributed by atoms with van der Waals surface area (Å²) in [6, 6.07) is 0. The summed E-state index contributed by atoms with van der Waals surface area (Å²) in [4.78, 5) is 22.7. The van der Waals surface area contributed by atoms with Gasteiger partial charge in [0.05, 0.1) is 0 Å². The van der Waals surface area contributed by atoms with Gasteiger partial charge in [-0.05, 0) is 25.7 Å². The smallest absolute Gasteiger partial charge is 0.395 e. The Kier molecular flexibility index (Phi) is 12.2. The first kappa shape index (κ1) is 24.6. The molecule has 6 nitrogen and oxygen atoms in total. The number of hydrogen-bond acceptors (Lipinski definition) is 4. The van der Waals surface area contributed by atoms with Crippen molar-refractivity contribution < 1.29 is 37.4 Å². The van der Waals surface area contributed by atoms with Crippen molar-refractivity contribution in [1.29, 1.82) is 0 Å². The lowest BCUT2D eigenvalue weighted by atomic mass is 10.1. The SMILES string of the molecule is O=C(NCCCCCCO)C(F)(F)C(F)(F)C(=O)NCCCCCCO. The van der Waals surface area contributed by atoms with Gasteiger partial charge in [-0.2, -0.15) is 17.6 Å². The zero-order valence-corrected chi connectivity index (χ0v) is 14.7. The molecule has 0 rings (SSSR count). The standard InChI is InChI=1S/C16H28F4N2O4/c17-15(18,13(25)21-9-5-1-3-7-11-23)16(19,20)14(26)22-10-6-2-4-8-12-24/h23-24H,1-12H2,(H,21,25)(H,22,26). The van der Waals surface area contributed by atoms with Crippen molar-refractivity contribution in [3.05, 3.63) is 0 Å². The van der Waals surface area contributed by atoms with E-state index in [1.807, 2.05) is 0 Å². The van der Waals surface area contributed by atoms with E-state index in [9.17, 15) is 27.2 Å². The van der Waals surface area contributed by atoms with Gasteiger partial charge in [-0.15, -0.1) is 0 Å². The number of unbranched alkanes of at least 4 members (excludes halogenated alkanes) is 6. The highest BCUT2D eigenvalue weighted by molar-refractivity contribution is 5.95. The maximum atomic E-state index is 13.7. The molecular weight excluding hydrogens is 360 g/mol. The summed E-state index contributed by atoms with van der Waals surface area (Å²) in [5.41, 5.74) is 0. The van der Waals surface area contributed by atoms with Crippen LogP contribution in [0.1, 0.15) is 51.4 Å². The Hall–Kier alpha value is -1.42. The number of aliphatic hydroxyl groups excluding tert-OH is 2. The number of nitrogens with one attached hydrogen (secondary N) is 2. The van der Waals surface area contributed by atoms with E-state index in [-0.39, 0.29) is 26.3 Å². The predicted molar refractivity (Wildman–Crippen MR) is 87.0 cm³/mol. The molecule has 0 aliphatic rings. The first-order valence-electron chi connectivity index (χ1n) is 8.75. The lowest BCUT2D eigenvalue weighted by molar-refractivity contribution is -0.211. The molecule has 0 heterocycles. The fraction of sp³-hybridized carbons (Fsp3) is 0.875. The van der Waals surface area contributed by atoms with E-state index in [0.717, 1.165) is 0 Å². The van der Waals surface area contributed by atoms with Crippen LogP contribution in [0.25, 0.3) is 0 Å². The van der Waals surface area contributed by atoms with E-state index in [0.29, 0.717) is 51.4 Å². The lowest BCUT2D eigenvalue weighted by Gasteiger charge is -2.24. The monoisotopic (exact) mass is 388 g/mol. The van der Waals surface area contributed by atoms with Gasteiger partial charge in [0.15, 0.2) is 0 Å². The molecule has 0 aromatic rings. The Bertz CT molecular complexity index is 385. The van der Waals surface area contributed by atoms with Gasteiger partial charge in [0.25, 0.3) is 11.8 Å².